The highest BCUT2D eigenvalue weighted by molar-refractivity contribution is 7.86. The topological polar surface area (TPSA) is 80.4 Å². The summed E-state index contributed by atoms with van der Waals surface area (Å²) in [7, 11) is -3.98. The molecule has 0 aliphatic carbocycles. The summed E-state index contributed by atoms with van der Waals surface area (Å²) >= 11 is 0. The van der Waals surface area contributed by atoms with E-state index >= 15 is 0 Å². The van der Waals surface area contributed by atoms with Crippen molar-refractivity contribution >= 4 is 10.1 Å². The van der Waals surface area contributed by atoms with Crippen LogP contribution in [0.4, 0.5) is 0 Å². The Morgan fingerprint density at radius 2 is 1.45 bits per heavy atom. The minimum Gasteiger partial charge on any atom is -0.326 e. The smallest absolute Gasteiger partial charge is 0.267 e. The van der Waals surface area contributed by atoms with Crippen LogP contribution in [0.15, 0.2) is 0 Å². The highest BCUT2D eigenvalue weighted by Crippen LogP contribution is 2.20. The van der Waals surface area contributed by atoms with E-state index in [-0.39, 0.29) is 0 Å². The standard InChI is InChI=1S/C15H33NO3S/c1-4-5-6-7-8-9-10-11-12-14(20(17,18)19)13-15(2,3)16/h14H,4-13,16H2,1-3H3,(H,17,18,19). The molecule has 0 aliphatic heterocycles. The maximum absolute atomic E-state index is 11.3. The van der Waals surface area contributed by atoms with Crippen LogP contribution in [-0.4, -0.2) is 23.8 Å². The molecule has 0 aromatic heterocycles. The van der Waals surface area contributed by atoms with Crippen LogP contribution in [0.5, 0.6) is 0 Å². The third-order valence-corrected chi connectivity index (χ3v) is 4.80. The van der Waals surface area contributed by atoms with Crippen molar-refractivity contribution in [2.75, 3.05) is 0 Å². The maximum Gasteiger partial charge on any atom is 0.267 e. The van der Waals surface area contributed by atoms with E-state index in [4.69, 9.17) is 5.73 Å². The molecule has 0 amide bonds. The number of nitrogens with two attached hydrogens (primary N) is 1. The van der Waals surface area contributed by atoms with Crippen LogP contribution in [0.3, 0.4) is 0 Å². The lowest BCUT2D eigenvalue weighted by Crippen LogP contribution is -2.38. The van der Waals surface area contributed by atoms with Crippen LogP contribution in [-0.2, 0) is 10.1 Å². The van der Waals surface area contributed by atoms with Crippen molar-refractivity contribution in [1.29, 1.82) is 0 Å². The summed E-state index contributed by atoms with van der Waals surface area (Å²) in [5, 5.41) is -0.720. The van der Waals surface area contributed by atoms with Gasteiger partial charge in [0.05, 0.1) is 5.25 Å². The molecule has 0 aromatic carbocycles. The Balaban J connectivity index is 3.87. The van der Waals surface area contributed by atoms with Gasteiger partial charge in [0.25, 0.3) is 10.1 Å². The third-order valence-electron chi connectivity index (χ3n) is 3.55. The predicted molar refractivity (Wildman–Crippen MR) is 85.4 cm³/mol. The first-order valence-electron chi connectivity index (χ1n) is 7.92. The van der Waals surface area contributed by atoms with Crippen LogP contribution < -0.4 is 5.73 Å². The molecule has 0 rings (SSSR count). The fourth-order valence-corrected chi connectivity index (χ4v) is 3.55. The summed E-state index contributed by atoms with van der Waals surface area (Å²) in [6.45, 7) is 5.78. The van der Waals surface area contributed by atoms with Gasteiger partial charge in [-0.05, 0) is 26.7 Å². The zero-order chi connectivity index (χ0) is 15.6. The molecule has 20 heavy (non-hydrogen) atoms. The zero-order valence-corrected chi connectivity index (χ0v) is 14.2. The van der Waals surface area contributed by atoms with Gasteiger partial charge in [-0.3, -0.25) is 4.55 Å². The van der Waals surface area contributed by atoms with Gasteiger partial charge < -0.3 is 5.73 Å². The first-order chi connectivity index (χ1) is 9.17. The average molecular weight is 308 g/mol. The molecule has 5 heteroatoms. The number of rotatable bonds is 12. The van der Waals surface area contributed by atoms with Crippen molar-refractivity contribution in [2.45, 2.75) is 95.8 Å². The largest absolute Gasteiger partial charge is 0.326 e. The highest BCUT2D eigenvalue weighted by Gasteiger charge is 2.28. The number of hydrogen-bond acceptors (Lipinski definition) is 3. The molecular formula is C15H33NO3S. The Bertz CT molecular complexity index is 334. The van der Waals surface area contributed by atoms with Gasteiger partial charge in [0, 0.05) is 5.54 Å². The second-order valence-corrected chi connectivity index (χ2v) is 8.29. The summed E-state index contributed by atoms with van der Waals surface area (Å²) in [4.78, 5) is 0. The number of unbranched alkanes of at least 4 members (excludes halogenated alkanes) is 7. The SMILES string of the molecule is CCCCCCCCCCC(CC(C)(C)N)S(=O)(=O)O. The molecule has 1 atom stereocenters. The fraction of sp³-hybridized carbons (Fsp3) is 1.00. The Morgan fingerprint density at radius 3 is 1.85 bits per heavy atom. The molecule has 0 heterocycles. The number of hydrogen-bond donors (Lipinski definition) is 2. The quantitative estimate of drug-likeness (QED) is 0.423. The van der Waals surface area contributed by atoms with Gasteiger partial charge >= 0.3 is 0 Å². The molecule has 0 aromatic rings. The minimum absolute atomic E-state index is 0.308. The van der Waals surface area contributed by atoms with E-state index in [1.165, 1.54) is 32.1 Å². The fourth-order valence-electron chi connectivity index (χ4n) is 2.45. The normalized spacial score (nSPS) is 14.4. The van der Waals surface area contributed by atoms with Crippen molar-refractivity contribution in [3.8, 4) is 0 Å². The molecule has 0 spiro atoms. The summed E-state index contributed by atoms with van der Waals surface area (Å²) in [5.74, 6) is 0. The van der Waals surface area contributed by atoms with Gasteiger partial charge in [0.15, 0.2) is 0 Å². The van der Waals surface area contributed by atoms with Crippen molar-refractivity contribution in [3.05, 3.63) is 0 Å². The summed E-state index contributed by atoms with van der Waals surface area (Å²) in [6, 6.07) is 0. The van der Waals surface area contributed by atoms with E-state index in [1.54, 1.807) is 13.8 Å². The molecule has 4 nitrogen and oxygen atoms in total. The molecule has 1 unspecified atom stereocenters. The lowest BCUT2D eigenvalue weighted by atomic mass is 9.96. The second-order valence-electron chi connectivity index (χ2n) is 6.59. The Hall–Kier alpha value is -0.130. The highest BCUT2D eigenvalue weighted by atomic mass is 32.2. The Labute approximate surface area is 125 Å². The minimum atomic E-state index is -3.98. The van der Waals surface area contributed by atoms with Crippen LogP contribution in [0, 0.1) is 0 Å². The zero-order valence-electron chi connectivity index (χ0n) is 13.4. The van der Waals surface area contributed by atoms with Gasteiger partial charge in [0.1, 0.15) is 0 Å². The van der Waals surface area contributed by atoms with Crippen LogP contribution >= 0.6 is 0 Å². The molecule has 0 aliphatic rings. The molecular weight excluding hydrogens is 274 g/mol. The third kappa shape index (κ3) is 11.7. The van der Waals surface area contributed by atoms with Gasteiger partial charge in [-0.15, -0.1) is 0 Å². The second kappa shape index (κ2) is 9.74. The van der Waals surface area contributed by atoms with E-state index in [1.807, 2.05) is 0 Å². The van der Waals surface area contributed by atoms with Crippen LogP contribution in [0.2, 0.25) is 0 Å². The van der Waals surface area contributed by atoms with Gasteiger partial charge in [-0.25, -0.2) is 0 Å². The van der Waals surface area contributed by atoms with E-state index in [0.717, 1.165) is 19.3 Å². The van der Waals surface area contributed by atoms with Gasteiger partial charge in [0.2, 0.25) is 0 Å². The lowest BCUT2D eigenvalue weighted by molar-refractivity contribution is 0.401. The van der Waals surface area contributed by atoms with Crippen molar-refractivity contribution in [1.82, 2.24) is 0 Å². The Kier molecular flexibility index (Phi) is 9.68. The van der Waals surface area contributed by atoms with Gasteiger partial charge in [-0.2, -0.15) is 8.42 Å². The van der Waals surface area contributed by atoms with E-state index in [0.29, 0.717) is 12.8 Å². The van der Waals surface area contributed by atoms with Crippen molar-refractivity contribution in [3.63, 3.8) is 0 Å². The molecule has 0 saturated carbocycles. The van der Waals surface area contributed by atoms with E-state index in [9.17, 15) is 13.0 Å². The molecule has 122 valence electrons. The van der Waals surface area contributed by atoms with Crippen LogP contribution in [0.1, 0.15) is 85.0 Å². The molecule has 0 saturated heterocycles. The maximum atomic E-state index is 11.3. The van der Waals surface area contributed by atoms with E-state index < -0.39 is 20.9 Å². The molecule has 3 N–H and O–H groups in total. The van der Waals surface area contributed by atoms with E-state index in [2.05, 4.69) is 6.92 Å². The average Bonchev–Trinajstić information content (AvgIpc) is 2.28. The summed E-state index contributed by atoms with van der Waals surface area (Å²) in [5.41, 5.74) is 5.29. The Morgan fingerprint density at radius 1 is 1.00 bits per heavy atom. The summed E-state index contributed by atoms with van der Waals surface area (Å²) < 4.78 is 32.0. The first-order valence-corrected chi connectivity index (χ1v) is 9.42. The lowest BCUT2D eigenvalue weighted by Gasteiger charge is -2.24. The molecule has 0 bridgehead atoms. The first kappa shape index (κ1) is 19.9. The summed E-state index contributed by atoms with van der Waals surface area (Å²) in [6.07, 6.45) is 10.2. The van der Waals surface area contributed by atoms with Crippen molar-refractivity contribution < 1.29 is 13.0 Å². The van der Waals surface area contributed by atoms with Crippen molar-refractivity contribution in [2.24, 2.45) is 5.73 Å². The molecule has 0 radical (unpaired) electrons. The molecule has 0 fully saturated rings. The predicted octanol–water partition coefficient (Wildman–Crippen LogP) is 3.90. The monoisotopic (exact) mass is 307 g/mol. The van der Waals surface area contributed by atoms with Gasteiger partial charge in [-0.1, -0.05) is 58.3 Å². The van der Waals surface area contributed by atoms with Crippen LogP contribution in [0.25, 0.3) is 0 Å².